The number of nitrogens with one attached hydrogen (secondary N) is 2. The number of H-pyrrole nitrogens is 1. The molecule has 3 rings (SSSR count). The van der Waals surface area contributed by atoms with Gasteiger partial charge in [0.1, 0.15) is 0 Å². The smallest absolute Gasteiger partial charge is 0.0639 e. The Balaban J connectivity index is 0.000001000. The summed E-state index contributed by atoms with van der Waals surface area (Å²) < 4.78 is 0. The van der Waals surface area contributed by atoms with Crippen molar-refractivity contribution in [1.29, 1.82) is 0 Å². The molecule has 1 spiro atoms. The Morgan fingerprint density at radius 2 is 1.85 bits per heavy atom. The highest BCUT2D eigenvalue weighted by Crippen LogP contribution is 2.39. The molecule has 1 aromatic rings. The summed E-state index contributed by atoms with van der Waals surface area (Å²) in [4.78, 5) is 2.62. The zero-order chi connectivity index (χ0) is 12.6. The molecule has 0 saturated carbocycles. The van der Waals surface area contributed by atoms with E-state index in [9.17, 15) is 0 Å². The van der Waals surface area contributed by atoms with Gasteiger partial charge >= 0.3 is 0 Å². The highest BCUT2D eigenvalue weighted by atomic mass is 35.5. The number of rotatable bonds is 2. The Morgan fingerprint density at radius 1 is 1.15 bits per heavy atom. The van der Waals surface area contributed by atoms with Crippen molar-refractivity contribution in [2.24, 2.45) is 5.41 Å². The molecule has 3 heterocycles. The third-order valence-corrected chi connectivity index (χ3v) is 4.84. The largest absolute Gasteiger partial charge is 0.317 e. The first kappa shape index (κ1) is 17.8. The van der Waals surface area contributed by atoms with Gasteiger partial charge in [-0.05, 0) is 58.2 Å². The van der Waals surface area contributed by atoms with Crippen LogP contribution in [0.5, 0.6) is 0 Å². The summed E-state index contributed by atoms with van der Waals surface area (Å²) in [6, 6.07) is 0. The summed E-state index contributed by atoms with van der Waals surface area (Å²) in [5.74, 6) is 0. The second-order valence-electron chi connectivity index (χ2n) is 6.12. The lowest BCUT2D eigenvalue weighted by Gasteiger charge is -2.33. The molecule has 0 bridgehead atoms. The molecule has 20 heavy (non-hydrogen) atoms. The van der Waals surface area contributed by atoms with Crippen molar-refractivity contribution >= 4 is 24.8 Å². The van der Waals surface area contributed by atoms with Crippen LogP contribution in [0.15, 0.2) is 0 Å². The minimum Gasteiger partial charge on any atom is -0.317 e. The van der Waals surface area contributed by atoms with E-state index in [0.29, 0.717) is 5.41 Å². The topological polar surface area (TPSA) is 44.0 Å². The maximum Gasteiger partial charge on any atom is 0.0639 e. The number of hydrogen-bond acceptors (Lipinski definition) is 3. The van der Waals surface area contributed by atoms with Crippen molar-refractivity contribution in [1.82, 2.24) is 20.4 Å². The molecule has 0 aliphatic carbocycles. The fourth-order valence-corrected chi connectivity index (χ4v) is 3.56. The Bertz CT molecular complexity index is 407. The SMILES string of the molecule is Cc1n[nH]c(C)c1CN1CCC2(CCNCC2)C1.Cl.Cl. The first-order valence-electron chi connectivity index (χ1n) is 7.12. The van der Waals surface area contributed by atoms with Crippen LogP contribution >= 0.6 is 24.8 Å². The average Bonchev–Trinajstić information content (AvgIpc) is 2.89. The molecule has 0 radical (unpaired) electrons. The number of hydrogen-bond donors (Lipinski definition) is 2. The number of likely N-dealkylation sites (tertiary alicyclic amines) is 1. The number of nitrogens with zero attached hydrogens (tertiary/aromatic N) is 2. The van der Waals surface area contributed by atoms with E-state index in [-0.39, 0.29) is 24.8 Å². The van der Waals surface area contributed by atoms with Crippen LogP contribution in [0.3, 0.4) is 0 Å². The minimum atomic E-state index is 0. The zero-order valence-corrected chi connectivity index (χ0v) is 14.0. The number of piperidine rings is 1. The molecular weight excluding hydrogens is 295 g/mol. The van der Waals surface area contributed by atoms with Gasteiger partial charge in [0.05, 0.1) is 5.69 Å². The lowest BCUT2D eigenvalue weighted by molar-refractivity contribution is 0.193. The predicted octanol–water partition coefficient (Wildman–Crippen LogP) is 2.45. The van der Waals surface area contributed by atoms with Gasteiger partial charge in [-0.3, -0.25) is 10.00 Å². The zero-order valence-electron chi connectivity index (χ0n) is 12.4. The van der Waals surface area contributed by atoms with E-state index >= 15 is 0 Å². The molecule has 0 amide bonds. The van der Waals surface area contributed by atoms with Crippen LogP contribution in [0.1, 0.15) is 36.2 Å². The van der Waals surface area contributed by atoms with Gasteiger partial charge < -0.3 is 5.32 Å². The molecule has 0 atom stereocenters. The van der Waals surface area contributed by atoms with Crippen LogP contribution in [-0.2, 0) is 6.54 Å². The summed E-state index contributed by atoms with van der Waals surface area (Å²) >= 11 is 0. The highest BCUT2D eigenvalue weighted by Gasteiger charge is 2.38. The molecule has 0 unspecified atom stereocenters. The van der Waals surface area contributed by atoms with Crippen molar-refractivity contribution in [3.63, 3.8) is 0 Å². The molecule has 2 N–H and O–H groups in total. The fraction of sp³-hybridized carbons (Fsp3) is 0.786. The number of aryl methyl sites for hydroxylation is 2. The quantitative estimate of drug-likeness (QED) is 0.879. The van der Waals surface area contributed by atoms with Gasteiger partial charge in [-0.1, -0.05) is 0 Å². The predicted molar refractivity (Wildman–Crippen MR) is 87.0 cm³/mol. The summed E-state index contributed by atoms with van der Waals surface area (Å²) in [5.41, 5.74) is 4.41. The van der Waals surface area contributed by atoms with Gasteiger partial charge in [0.25, 0.3) is 0 Å². The van der Waals surface area contributed by atoms with E-state index in [1.54, 1.807) is 0 Å². The Hall–Kier alpha value is -0.290. The van der Waals surface area contributed by atoms with Crippen molar-refractivity contribution < 1.29 is 0 Å². The van der Waals surface area contributed by atoms with E-state index < -0.39 is 0 Å². The molecule has 2 aliphatic rings. The average molecular weight is 321 g/mol. The lowest BCUT2D eigenvalue weighted by Crippen LogP contribution is -2.38. The molecule has 4 nitrogen and oxygen atoms in total. The molecule has 2 aliphatic heterocycles. The highest BCUT2D eigenvalue weighted by molar-refractivity contribution is 5.85. The van der Waals surface area contributed by atoms with Crippen molar-refractivity contribution in [3.05, 3.63) is 17.0 Å². The summed E-state index contributed by atoms with van der Waals surface area (Å²) in [6.45, 7) is 10.3. The Kier molecular flexibility index (Phi) is 6.32. The summed E-state index contributed by atoms with van der Waals surface area (Å²) in [5, 5.41) is 10.9. The van der Waals surface area contributed by atoms with Gasteiger partial charge in [0.15, 0.2) is 0 Å². The molecule has 1 aromatic heterocycles. The van der Waals surface area contributed by atoms with Gasteiger partial charge in [0, 0.05) is 24.3 Å². The third-order valence-electron chi connectivity index (χ3n) is 4.84. The van der Waals surface area contributed by atoms with Gasteiger partial charge in [0.2, 0.25) is 0 Å². The normalized spacial score (nSPS) is 21.5. The molecular formula is C14H26Cl2N4. The first-order valence-corrected chi connectivity index (χ1v) is 7.12. The third kappa shape index (κ3) is 3.48. The van der Waals surface area contributed by atoms with Crippen molar-refractivity contribution in [2.45, 2.75) is 39.7 Å². The van der Waals surface area contributed by atoms with Crippen LogP contribution < -0.4 is 5.32 Å². The van der Waals surface area contributed by atoms with E-state index in [2.05, 4.69) is 34.3 Å². The van der Waals surface area contributed by atoms with Crippen molar-refractivity contribution in [3.8, 4) is 0 Å². The molecule has 2 fully saturated rings. The second-order valence-corrected chi connectivity index (χ2v) is 6.12. The van der Waals surface area contributed by atoms with E-state index in [4.69, 9.17) is 0 Å². The molecule has 0 aromatic carbocycles. The second kappa shape index (κ2) is 7.12. The Morgan fingerprint density at radius 3 is 2.45 bits per heavy atom. The minimum absolute atomic E-state index is 0. The van der Waals surface area contributed by atoms with Crippen LogP contribution in [0.4, 0.5) is 0 Å². The van der Waals surface area contributed by atoms with Gasteiger partial charge in [-0.25, -0.2) is 0 Å². The Labute approximate surface area is 133 Å². The van der Waals surface area contributed by atoms with Gasteiger partial charge in [-0.2, -0.15) is 5.10 Å². The summed E-state index contributed by atoms with van der Waals surface area (Å²) in [7, 11) is 0. The first-order chi connectivity index (χ1) is 8.69. The maximum atomic E-state index is 4.30. The monoisotopic (exact) mass is 320 g/mol. The van der Waals surface area contributed by atoms with E-state index in [1.165, 1.54) is 62.4 Å². The van der Waals surface area contributed by atoms with Crippen molar-refractivity contribution in [2.75, 3.05) is 26.2 Å². The van der Waals surface area contributed by atoms with Crippen LogP contribution in [0, 0.1) is 19.3 Å². The fourth-order valence-electron chi connectivity index (χ4n) is 3.56. The van der Waals surface area contributed by atoms with Crippen LogP contribution in [0.25, 0.3) is 0 Å². The van der Waals surface area contributed by atoms with Crippen LogP contribution in [-0.4, -0.2) is 41.3 Å². The molecule has 2 saturated heterocycles. The van der Waals surface area contributed by atoms with Crippen LogP contribution in [0.2, 0.25) is 0 Å². The van der Waals surface area contributed by atoms with E-state index in [1.807, 2.05) is 0 Å². The molecule has 116 valence electrons. The van der Waals surface area contributed by atoms with E-state index in [0.717, 1.165) is 6.54 Å². The summed E-state index contributed by atoms with van der Waals surface area (Å²) in [6.07, 6.45) is 4.09. The number of aromatic nitrogens is 2. The standard InChI is InChI=1S/C14H24N4.2ClH/c1-11-13(12(2)17-16-11)9-18-8-5-14(10-18)3-6-15-7-4-14;;/h15H,3-10H2,1-2H3,(H,16,17);2*1H. The lowest BCUT2D eigenvalue weighted by atomic mass is 9.78. The number of halogens is 2. The molecule has 6 heteroatoms. The van der Waals surface area contributed by atoms with Gasteiger partial charge in [-0.15, -0.1) is 24.8 Å². The number of aromatic amines is 1. The maximum absolute atomic E-state index is 4.30.